The van der Waals surface area contributed by atoms with E-state index in [0.29, 0.717) is 10.6 Å². The van der Waals surface area contributed by atoms with Gasteiger partial charge in [-0.05, 0) is 12.1 Å². The number of carboxylic acid groups (broad SMARTS) is 1. The zero-order chi connectivity index (χ0) is 11.0. The first-order chi connectivity index (χ1) is 7.09. The Balaban J connectivity index is 2.62. The lowest BCUT2D eigenvalue weighted by Gasteiger charge is -2.28. The Morgan fingerprint density at radius 2 is 2.33 bits per heavy atom. The van der Waals surface area contributed by atoms with Crippen molar-refractivity contribution in [3.8, 4) is 0 Å². The third-order valence-electron chi connectivity index (χ3n) is 2.35. The summed E-state index contributed by atoms with van der Waals surface area (Å²) in [5, 5.41) is 9.53. The fourth-order valence-electron chi connectivity index (χ4n) is 1.58. The molecule has 2 rings (SSSR count). The molecule has 3 nitrogen and oxygen atoms in total. The number of hydrogen-bond acceptors (Lipinski definition) is 3. The summed E-state index contributed by atoms with van der Waals surface area (Å²) in [7, 11) is 1.94. The Bertz CT molecular complexity index is 422. The molecule has 0 atom stereocenters. The van der Waals surface area contributed by atoms with E-state index in [9.17, 15) is 4.79 Å². The predicted octanol–water partition coefficient (Wildman–Crippen LogP) is 2.58. The molecule has 0 amide bonds. The average molecular weight is 244 g/mol. The molecule has 0 unspecified atom stereocenters. The van der Waals surface area contributed by atoms with Crippen molar-refractivity contribution in [2.75, 3.05) is 24.2 Å². The number of fused-ring (bicyclic) bond motifs is 1. The van der Waals surface area contributed by atoms with Crippen LogP contribution in [0.1, 0.15) is 10.4 Å². The van der Waals surface area contributed by atoms with Crippen molar-refractivity contribution in [2.24, 2.45) is 0 Å². The lowest BCUT2D eigenvalue weighted by molar-refractivity contribution is 0.0693. The van der Waals surface area contributed by atoms with E-state index in [-0.39, 0.29) is 0 Å². The minimum atomic E-state index is -0.920. The molecule has 15 heavy (non-hydrogen) atoms. The standard InChI is InChI=1S/C10H10ClNO2S/c1-12-2-3-15-9-7(10(13)14)4-6(11)5-8(9)12/h4-5H,2-3H2,1H3,(H,13,14). The number of benzene rings is 1. The molecule has 0 saturated heterocycles. The van der Waals surface area contributed by atoms with Gasteiger partial charge in [-0.25, -0.2) is 4.79 Å². The third-order valence-corrected chi connectivity index (χ3v) is 3.67. The molecule has 1 aliphatic heterocycles. The summed E-state index contributed by atoms with van der Waals surface area (Å²) >= 11 is 7.47. The van der Waals surface area contributed by atoms with E-state index in [4.69, 9.17) is 16.7 Å². The first-order valence-corrected chi connectivity index (χ1v) is 5.86. The van der Waals surface area contributed by atoms with Crippen LogP contribution in [0.15, 0.2) is 17.0 Å². The van der Waals surface area contributed by atoms with Crippen molar-refractivity contribution in [3.63, 3.8) is 0 Å². The minimum Gasteiger partial charge on any atom is -0.478 e. The van der Waals surface area contributed by atoms with Gasteiger partial charge in [-0.15, -0.1) is 11.8 Å². The van der Waals surface area contributed by atoms with Gasteiger partial charge in [0.15, 0.2) is 0 Å². The van der Waals surface area contributed by atoms with Crippen LogP contribution in [0.3, 0.4) is 0 Å². The fourth-order valence-corrected chi connectivity index (χ4v) is 3.02. The molecule has 1 N–H and O–H groups in total. The van der Waals surface area contributed by atoms with Gasteiger partial charge in [0.25, 0.3) is 0 Å². The molecule has 0 radical (unpaired) electrons. The van der Waals surface area contributed by atoms with Gasteiger partial charge in [-0.3, -0.25) is 0 Å². The molecule has 0 fully saturated rings. The lowest BCUT2D eigenvalue weighted by Crippen LogP contribution is -2.25. The van der Waals surface area contributed by atoms with Crippen LogP contribution in [0, 0.1) is 0 Å². The number of halogens is 1. The molecular formula is C10H10ClNO2S. The normalized spacial score (nSPS) is 14.9. The molecule has 1 aromatic carbocycles. The summed E-state index contributed by atoms with van der Waals surface area (Å²) in [5.74, 6) is -0.0117. The Hall–Kier alpha value is -0.870. The number of rotatable bonds is 1. The number of nitrogens with zero attached hydrogens (tertiary/aromatic N) is 1. The van der Waals surface area contributed by atoms with E-state index in [0.717, 1.165) is 22.9 Å². The van der Waals surface area contributed by atoms with Crippen LogP contribution < -0.4 is 4.90 Å². The molecule has 1 heterocycles. The van der Waals surface area contributed by atoms with Crippen molar-refractivity contribution in [1.82, 2.24) is 0 Å². The van der Waals surface area contributed by atoms with E-state index >= 15 is 0 Å². The van der Waals surface area contributed by atoms with Crippen molar-refractivity contribution in [1.29, 1.82) is 0 Å². The van der Waals surface area contributed by atoms with E-state index in [1.807, 2.05) is 18.0 Å². The minimum absolute atomic E-state index is 0.300. The highest BCUT2D eigenvalue weighted by molar-refractivity contribution is 7.99. The van der Waals surface area contributed by atoms with Crippen LogP contribution in [0.2, 0.25) is 5.02 Å². The Morgan fingerprint density at radius 3 is 3.00 bits per heavy atom. The Kier molecular flexibility index (Phi) is 2.80. The highest BCUT2D eigenvalue weighted by Gasteiger charge is 2.21. The molecule has 1 aliphatic rings. The van der Waals surface area contributed by atoms with Gasteiger partial charge in [0.2, 0.25) is 0 Å². The van der Waals surface area contributed by atoms with Crippen molar-refractivity contribution >= 4 is 35.0 Å². The summed E-state index contributed by atoms with van der Waals surface area (Å²) < 4.78 is 0. The number of hydrogen-bond donors (Lipinski definition) is 1. The van der Waals surface area contributed by atoms with Gasteiger partial charge in [0, 0.05) is 29.3 Å². The maximum absolute atomic E-state index is 11.0. The van der Waals surface area contributed by atoms with Crippen LogP contribution in [0.5, 0.6) is 0 Å². The second-order valence-electron chi connectivity index (χ2n) is 3.38. The van der Waals surface area contributed by atoms with Crippen LogP contribution in [-0.2, 0) is 0 Å². The van der Waals surface area contributed by atoms with E-state index in [1.165, 1.54) is 6.07 Å². The first kappa shape index (κ1) is 10.6. The van der Waals surface area contributed by atoms with Crippen LogP contribution >= 0.6 is 23.4 Å². The summed E-state index contributed by atoms with van der Waals surface area (Å²) in [4.78, 5) is 13.9. The van der Waals surface area contributed by atoms with Gasteiger partial charge >= 0.3 is 5.97 Å². The summed E-state index contributed by atoms with van der Waals surface area (Å²) in [6.07, 6.45) is 0. The molecule has 0 aromatic heterocycles. The third kappa shape index (κ3) is 1.92. The second-order valence-corrected chi connectivity index (χ2v) is 4.92. The smallest absolute Gasteiger partial charge is 0.336 e. The van der Waals surface area contributed by atoms with Gasteiger partial charge in [-0.2, -0.15) is 0 Å². The zero-order valence-corrected chi connectivity index (χ0v) is 9.73. The van der Waals surface area contributed by atoms with Gasteiger partial charge in [-0.1, -0.05) is 11.6 Å². The summed E-state index contributed by atoms with van der Waals surface area (Å²) in [6.45, 7) is 0.914. The predicted molar refractivity (Wildman–Crippen MR) is 62.4 cm³/mol. The van der Waals surface area contributed by atoms with Crippen molar-refractivity contribution in [3.05, 3.63) is 22.7 Å². The number of carboxylic acids is 1. The molecule has 0 bridgehead atoms. The number of carbonyl (C=O) groups is 1. The molecule has 80 valence electrons. The quantitative estimate of drug-likeness (QED) is 0.823. The van der Waals surface area contributed by atoms with Gasteiger partial charge in [0.05, 0.1) is 11.3 Å². The Labute approximate surface area is 97.0 Å². The van der Waals surface area contributed by atoms with E-state index in [1.54, 1.807) is 11.8 Å². The molecular weight excluding hydrogens is 234 g/mol. The number of thioether (sulfide) groups is 1. The van der Waals surface area contributed by atoms with Crippen LogP contribution in [0.4, 0.5) is 5.69 Å². The zero-order valence-electron chi connectivity index (χ0n) is 8.16. The topological polar surface area (TPSA) is 40.5 Å². The second kappa shape index (κ2) is 3.94. The number of aromatic carboxylic acids is 1. The van der Waals surface area contributed by atoms with Crippen molar-refractivity contribution < 1.29 is 9.90 Å². The summed E-state index contributed by atoms with van der Waals surface area (Å²) in [5.41, 5.74) is 1.21. The van der Waals surface area contributed by atoms with Gasteiger partial charge in [0.1, 0.15) is 0 Å². The maximum Gasteiger partial charge on any atom is 0.336 e. The molecule has 0 aliphatic carbocycles. The van der Waals surface area contributed by atoms with E-state index < -0.39 is 5.97 Å². The SMILES string of the molecule is CN1CCSc2c(C(=O)O)cc(Cl)cc21. The molecule has 0 saturated carbocycles. The maximum atomic E-state index is 11.0. The van der Waals surface area contributed by atoms with Crippen LogP contribution in [-0.4, -0.2) is 30.4 Å². The fraction of sp³-hybridized carbons (Fsp3) is 0.300. The highest BCUT2D eigenvalue weighted by Crippen LogP contribution is 2.38. The molecule has 0 spiro atoms. The summed E-state index contributed by atoms with van der Waals surface area (Å²) in [6, 6.07) is 3.32. The van der Waals surface area contributed by atoms with E-state index in [2.05, 4.69) is 0 Å². The Morgan fingerprint density at radius 1 is 1.60 bits per heavy atom. The number of anilines is 1. The highest BCUT2D eigenvalue weighted by atomic mass is 35.5. The molecule has 1 aromatic rings. The molecule has 5 heteroatoms. The monoisotopic (exact) mass is 243 g/mol. The first-order valence-electron chi connectivity index (χ1n) is 4.50. The van der Waals surface area contributed by atoms with Crippen LogP contribution in [0.25, 0.3) is 0 Å². The van der Waals surface area contributed by atoms with Crippen molar-refractivity contribution in [2.45, 2.75) is 4.90 Å². The van der Waals surface area contributed by atoms with Gasteiger partial charge < -0.3 is 10.0 Å². The average Bonchev–Trinajstić information content (AvgIpc) is 2.18. The largest absolute Gasteiger partial charge is 0.478 e. The lowest BCUT2D eigenvalue weighted by atomic mass is 10.2.